The number of benzene rings is 1. The van der Waals surface area contributed by atoms with Crippen molar-refractivity contribution in [1.29, 1.82) is 5.26 Å². The number of rotatable bonds is 4. The molecular formula is C16H22N2. The van der Waals surface area contributed by atoms with E-state index in [0.717, 1.165) is 19.4 Å². The Kier molecular flexibility index (Phi) is 4.78. The molecule has 1 aromatic carbocycles. The molecular weight excluding hydrogens is 220 g/mol. The molecule has 0 heterocycles. The van der Waals surface area contributed by atoms with Gasteiger partial charge in [0.1, 0.15) is 0 Å². The number of hydrogen-bond acceptors (Lipinski definition) is 2. The van der Waals surface area contributed by atoms with Crippen LogP contribution in [0.3, 0.4) is 0 Å². The summed E-state index contributed by atoms with van der Waals surface area (Å²) in [4.78, 5) is 0. The zero-order chi connectivity index (χ0) is 12.8. The lowest BCUT2D eigenvalue weighted by Gasteiger charge is -2.29. The van der Waals surface area contributed by atoms with Crippen LogP contribution in [-0.2, 0) is 0 Å². The van der Waals surface area contributed by atoms with Crippen molar-refractivity contribution >= 4 is 0 Å². The number of nitrogens with zero attached hydrogens (tertiary/aromatic N) is 1. The van der Waals surface area contributed by atoms with Crippen molar-refractivity contribution in [3.63, 3.8) is 0 Å². The van der Waals surface area contributed by atoms with Gasteiger partial charge in [-0.05, 0) is 24.3 Å². The van der Waals surface area contributed by atoms with E-state index in [0.29, 0.717) is 12.0 Å². The highest BCUT2D eigenvalue weighted by molar-refractivity contribution is 5.19. The fraction of sp³-hybridized carbons (Fsp3) is 0.562. The van der Waals surface area contributed by atoms with E-state index in [9.17, 15) is 0 Å². The highest BCUT2D eigenvalue weighted by Crippen LogP contribution is 2.24. The first-order valence-electron chi connectivity index (χ1n) is 6.99. The molecule has 18 heavy (non-hydrogen) atoms. The molecule has 0 bridgehead atoms. The Balaban J connectivity index is 1.85. The van der Waals surface area contributed by atoms with E-state index in [2.05, 4.69) is 48.6 Å². The van der Waals surface area contributed by atoms with Crippen molar-refractivity contribution in [2.75, 3.05) is 6.54 Å². The van der Waals surface area contributed by atoms with Gasteiger partial charge in [0.05, 0.1) is 12.0 Å². The van der Waals surface area contributed by atoms with Gasteiger partial charge in [-0.3, -0.25) is 0 Å². The minimum Gasteiger partial charge on any atom is -0.312 e. The number of nitriles is 1. The molecule has 1 aliphatic rings. The predicted molar refractivity (Wildman–Crippen MR) is 74.2 cm³/mol. The van der Waals surface area contributed by atoms with Crippen molar-refractivity contribution in [3.05, 3.63) is 35.9 Å². The van der Waals surface area contributed by atoms with Crippen LogP contribution in [0.2, 0.25) is 0 Å². The van der Waals surface area contributed by atoms with Gasteiger partial charge in [0.25, 0.3) is 0 Å². The monoisotopic (exact) mass is 242 g/mol. The first-order chi connectivity index (χ1) is 8.81. The summed E-state index contributed by atoms with van der Waals surface area (Å²) in [7, 11) is 0. The Hall–Kier alpha value is -1.33. The van der Waals surface area contributed by atoms with Gasteiger partial charge >= 0.3 is 0 Å². The third-order valence-corrected chi connectivity index (χ3v) is 3.99. The molecule has 0 aromatic heterocycles. The Morgan fingerprint density at radius 2 is 2.00 bits per heavy atom. The van der Waals surface area contributed by atoms with Gasteiger partial charge in [0.15, 0.2) is 0 Å². The topological polar surface area (TPSA) is 35.8 Å². The number of hydrogen-bond donors (Lipinski definition) is 1. The summed E-state index contributed by atoms with van der Waals surface area (Å²) in [5.41, 5.74) is 1.37. The smallest absolute Gasteiger partial charge is 0.0672 e. The lowest BCUT2D eigenvalue weighted by molar-refractivity contribution is 0.309. The first kappa shape index (κ1) is 13.1. The zero-order valence-electron chi connectivity index (χ0n) is 11.1. The molecule has 0 radical (unpaired) electrons. The second kappa shape index (κ2) is 6.56. The van der Waals surface area contributed by atoms with Crippen LogP contribution in [0, 0.1) is 17.2 Å². The molecule has 3 unspecified atom stereocenters. The molecule has 0 amide bonds. The summed E-state index contributed by atoms with van der Waals surface area (Å²) in [5.74, 6) is 0.717. The Morgan fingerprint density at radius 1 is 1.28 bits per heavy atom. The van der Waals surface area contributed by atoms with Crippen LogP contribution >= 0.6 is 0 Å². The van der Waals surface area contributed by atoms with Crippen LogP contribution in [0.15, 0.2) is 30.3 Å². The van der Waals surface area contributed by atoms with Gasteiger partial charge in [-0.2, -0.15) is 5.26 Å². The van der Waals surface area contributed by atoms with Crippen molar-refractivity contribution < 1.29 is 0 Å². The molecule has 1 aliphatic carbocycles. The van der Waals surface area contributed by atoms with Gasteiger partial charge in [-0.25, -0.2) is 0 Å². The average molecular weight is 242 g/mol. The van der Waals surface area contributed by atoms with Gasteiger partial charge in [-0.15, -0.1) is 0 Å². The molecule has 0 spiro atoms. The maximum atomic E-state index is 9.15. The highest BCUT2D eigenvalue weighted by atomic mass is 14.9. The molecule has 2 nitrogen and oxygen atoms in total. The summed E-state index contributed by atoms with van der Waals surface area (Å²) >= 11 is 0. The molecule has 3 atom stereocenters. The summed E-state index contributed by atoms with van der Waals surface area (Å²) in [6, 6.07) is 13.4. The van der Waals surface area contributed by atoms with Crippen LogP contribution in [0.1, 0.15) is 44.1 Å². The Labute approximate surface area is 110 Å². The van der Waals surface area contributed by atoms with E-state index < -0.39 is 0 Å². The molecule has 1 aromatic rings. The van der Waals surface area contributed by atoms with Crippen LogP contribution in [0.25, 0.3) is 0 Å². The maximum absolute atomic E-state index is 9.15. The third kappa shape index (κ3) is 3.34. The number of nitrogens with one attached hydrogen (secondary N) is 1. The molecule has 1 N–H and O–H groups in total. The normalized spacial score (nSPS) is 25.3. The Morgan fingerprint density at radius 3 is 2.72 bits per heavy atom. The molecule has 0 aliphatic heterocycles. The van der Waals surface area contributed by atoms with Gasteiger partial charge in [-0.1, -0.05) is 50.1 Å². The third-order valence-electron chi connectivity index (χ3n) is 3.99. The van der Waals surface area contributed by atoms with Gasteiger partial charge in [0.2, 0.25) is 0 Å². The van der Waals surface area contributed by atoms with Crippen LogP contribution in [-0.4, -0.2) is 12.6 Å². The summed E-state index contributed by atoms with van der Waals surface area (Å²) < 4.78 is 0. The molecule has 0 saturated heterocycles. The second-order valence-electron chi connectivity index (χ2n) is 5.35. The summed E-state index contributed by atoms with van der Waals surface area (Å²) in [6.07, 6.45) is 4.69. The lowest BCUT2D eigenvalue weighted by atomic mass is 9.85. The van der Waals surface area contributed by atoms with E-state index in [1.165, 1.54) is 18.4 Å². The van der Waals surface area contributed by atoms with E-state index >= 15 is 0 Å². The fourth-order valence-corrected chi connectivity index (χ4v) is 2.76. The summed E-state index contributed by atoms with van der Waals surface area (Å²) in [6.45, 7) is 3.21. The average Bonchev–Trinajstić information content (AvgIpc) is 2.46. The van der Waals surface area contributed by atoms with E-state index in [1.54, 1.807) is 0 Å². The molecule has 2 rings (SSSR count). The van der Waals surface area contributed by atoms with Gasteiger partial charge in [0, 0.05) is 12.6 Å². The second-order valence-corrected chi connectivity index (χ2v) is 5.35. The predicted octanol–water partition coefficient (Wildman–Crippen LogP) is 3.46. The molecule has 1 fully saturated rings. The maximum Gasteiger partial charge on any atom is 0.0672 e. The van der Waals surface area contributed by atoms with E-state index in [1.807, 2.05) is 0 Å². The molecule has 1 saturated carbocycles. The van der Waals surface area contributed by atoms with Crippen molar-refractivity contribution in [3.8, 4) is 6.07 Å². The molecule has 96 valence electrons. The first-order valence-corrected chi connectivity index (χ1v) is 6.99. The quantitative estimate of drug-likeness (QED) is 0.877. The standard InChI is InChI=1S/C16H22N2/c1-13(14-7-3-2-4-8-14)12-18-16-10-6-5-9-15(16)11-17/h2-4,7-8,13,15-16,18H,5-6,9-10,12H2,1H3. The van der Waals surface area contributed by atoms with Crippen LogP contribution < -0.4 is 5.32 Å². The van der Waals surface area contributed by atoms with Crippen LogP contribution in [0.4, 0.5) is 0 Å². The lowest BCUT2D eigenvalue weighted by Crippen LogP contribution is -2.39. The van der Waals surface area contributed by atoms with Crippen molar-refractivity contribution in [1.82, 2.24) is 5.32 Å². The minimum absolute atomic E-state index is 0.210. The van der Waals surface area contributed by atoms with Gasteiger partial charge < -0.3 is 5.32 Å². The van der Waals surface area contributed by atoms with Crippen molar-refractivity contribution in [2.45, 2.75) is 44.6 Å². The molecule has 2 heteroatoms. The largest absolute Gasteiger partial charge is 0.312 e. The van der Waals surface area contributed by atoms with Crippen molar-refractivity contribution in [2.24, 2.45) is 5.92 Å². The zero-order valence-corrected chi connectivity index (χ0v) is 11.1. The highest BCUT2D eigenvalue weighted by Gasteiger charge is 2.24. The van der Waals surface area contributed by atoms with Crippen LogP contribution in [0.5, 0.6) is 0 Å². The fourth-order valence-electron chi connectivity index (χ4n) is 2.76. The Bertz CT molecular complexity index is 393. The summed E-state index contributed by atoms with van der Waals surface area (Å²) in [5, 5.41) is 12.8. The van der Waals surface area contributed by atoms with E-state index in [-0.39, 0.29) is 5.92 Å². The SMILES string of the molecule is CC(CNC1CCCCC1C#N)c1ccccc1. The van der Waals surface area contributed by atoms with E-state index in [4.69, 9.17) is 5.26 Å². The minimum atomic E-state index is 0.210.